The summed E-state index contributed by atoms with van der Waals surface area (Å²) < 4.78 is 15.9. The van der Waals surface area contributed by atoms with Crippen molar-refractivity contribution in [2.75, 3.05) is 40.5 Å². The number of hydrogen-bond acceptors (Lipinski definition) is 7. The van der Waals surface area contributed by atoms with Gasteiger partial charge in [-0.25, -0.2) is 0 Å². The highest BCUT2D eigenvalue weighted by atomic mass is 32.1. The number of nitrogens with zero attached hydrogens (tertiary/aromatic N) is 2. The molecule has 0 aliphatic carbocycles. The van der Waals surface area contributed by atoms with E-state index >= 15 is 0 Å². The molecule has 1 aliphatic rings. The summed E-state index contributed by atoms with van der Waals surface area (Å²) in [7, 11) is 3.38. The van der Waals surface area contributed by atoms with E-state index in [0.29, 0.717) is 6.42 Å². The third kappa shape index (κ3) is 10.3. The Balaban J connectivity index is 2.10. The Morgan fingerprint density at radius 2 is 1.55 bits per heavy atom. The van der Waals surface area contributed by atoms with Crippen LogP contribution in [0.3, 0.4) is 0 Å². The molecule has 2 rings (SSSR count). The van der Waals surface area contributed by atoms with Gasteiger partial charge in [0.15, 0.2) is 0 Å². The van der Waals surface area contributed by atoms with E-state index in [9.17, 15) is 5.26 Å². The van der Waals surface area contributed by atoms with Crippen molar-refractivity contribution in [3.8, 4) is 6.07 Å². The van der Waals surface area contributed by atoms with Crippen LogP contribution < -0.4 is 0 Å². The van der Waals surface area contributed by atoms with Gasteiger partial charge in [0.2, 0.25) is 0 Å². The minimum atomic E-state index is -0.0225. The van der Waals surface area contributed by atoms with Gasteiger partial charge in [0, 0.05) is 45.5 Å². The van der Waals surface area contributed by atoms with Crippen molar-refractivity contribution < 1.29 is 14.2 Å². The number of nitriles is 1. The number of morpholine rings is 1. The fourth-order valence-electron chi connectivity index (χ4n) is 3.69. The normalized spacial score (nSPS) is 16.7. The Labute approximate surface area is 198 Å². The fourth-order valence-corrected chi connectivity index (χ4v) is 4.05. The van der Waals surface area contributed by atoms with Gasteiger partial charge in [-0.2, -0.15) is 5.26 Å². The number of methoxy groups -OCH3 is 2. The van der Waals surface area contributed by atoms with Crippen LogP contribution in [0.25, 0.3) is 0 Å². The molecular weight excluding hydrogens is 428 g/mol. The van der Waals surface area contributed by atoms with Crippen LogP contribution in [0.5, 0.6) is 0 Å². The summed E-state index contributed by atoms with van der Waals surface area (Å²) in [6, 6.07) is 9.17. The second-order valence-corrected chi connectivity index (χ2v) is 9.07. The molecule has 0 aromatic heterocycles. The van der Waals surface area contributed by atoms with E-state index in [-0.39, 0.29) is 10.9 Å². The van der Waals surface area contributed by atoms with Crippen LogP contribution in [0.15, 0.2) is 30.0 Å². The van der Waals surface area contributed by atoms with E-state index in [1.54, 1.807) is 14.2 Å². The molecule has 1 saturated heterocycles. The maximum atomic E-state index is 9.69. The molecule has 7 heteroatoms. The van der Waals surface area contributed by atoms with Gasteiger partial charge >= 0.3 is 0 Å². The van der Waals surface area contributed by atoms with Crippen molar-refractivity contribution in [3.63, 3.8) is 0 Å². The molecule has 0 N–H and O–H groups in total. The zero-order valence-electron chi connectivity index (χ0n) is 18.8. The van der Waals surface area contributed by atoms with Gasteiger partial charge in [0.25, 0.3) is 0 Å². The Morgan fingerprint density at radius 1 is 1.03 bits per heavy atom. The third-order valence-corrected chi connectivity index (χ3v) is 6.35. The van der Waals surface area contributed by atoms with Crippen LogP contribution in [0.1, 0.15) is 42.4 Å². The number of thiol groups is 2. The second kappa shape index (κ2) is 14.8. The number of hydrogen-bond donors (Lipinski definition) is 2. The van der Waals surface area contributed by atoms with Crippen molar-refractivity contribution in [2.45, 2.75) is 55.8 Å². The lowest BCUT2D eigenvalue weighted by Crippen LogP contribution is -2.32. The predicted octanol–water partition coefficient (Wildman–Crippen LogP) is 4.42. The molecule has 0 radical (unpaired) electrons. The van der Waals surface area contributed by atoms with Gasteiger partial charge < -0.3 is 19.1 Å². The minimum absolute atomic E-state index is 0.0225. The van der Waals surface area contributed by atoms with Crippen molar-refractivity contribution in [3.05, 3.63) is 46.7 Å². The molecule has 1 fully saturated rings. The highest BCUT2D eigenvalue weighted by molar-refractivity contribution is 7.80. The lowest BCUT2D eigenvalue weighted by atomic mass is 9.95. The first kappa shape index (κ1) is 26.1. The number of allylic oxidation sites excluding steroid dienone is 1. The van der Waals surface area contributed by atoms with Gasteiger partial charge in [-0.1, -0.05) is 18.2 Å². The molecule has 5 nitrogen and oxygen atoms in total. The molecule has 1 heterocycles. The topological polar surface area (TPSA) is 54.7 Å². The smallest absolute Gasteiger partial charge is 0.0995 e. The Kier molecular flexibility index (Phi) is 12.5. The maximum absolute atomic E-state index is 9.69. The highest BCUT2D eigenvalue weighted by Gasteiger charge is 2.11. The average Bonchev–Trinajstić information content (AvgIpc) is 2.79. The number of ether oxygens (including phenoxy) is 3. The summed E-state index contributed by atoms with van der Waals surface area (Å²) in [5.74, 6) is 0. The summed E-state index contributed by atoms with van der Waals surface area (Å²) >= 11 is 8.83. The van der Waals surface area contributed by atoms with Gasteiger partial charge in [-0.05, 0) is 55.2 Å². The first-order chi connectivity index (χ1) is 15.0. The van der Waals surface area contributed by atoms with E-state index < -0.39 is 0 Å². The van der Waals surface area contributed by atoms with Crippen molar-refractivity contribution in [1.82, 2.24) is 4.90 Å². The third-order valence-electron chi connectivity index (χ3n) is 5.41. The van der Waals surface area contributed by atoms with Crippen molar-refractivity contribution in [1.29, 1.82) is 5.26 Å². The summed E-state index contributed by atoms with van der Waals surface area (Å²) in [5.41, 5.74) is 4.55. The van der Waals surface area contributed by atoms with Gasteiger partial charge in [-0.3, -0.25) is 0 Å². The van der Waals surface area contributed by atoms with E-state index in [4.69, 9.17) is 14.2 Å². The molecule has 0 saturated carbocycles. The van der Waals surface area contributed by atoms with Gasteiger partial charge in [0.05, 0.1) is 30.2 Å². The summed E-state index contributed by atoms with van der Waals surface area (Å²) in [6.07, 6.45) is 8.46. The minimum Gasteiger partial charge on any atom is -0.378 e. The molecule has 0 bridgehead atoms. The van der Waals surface area contributed by atoms with Crippen LogP contribution >= 0.6 is 25.3 Å². The molecular formula is C24H36N2O3S2. The molecule has 172 valence electrons. The monoisotopic (exact) mass is 464 g/mol. The van der Waals surface area contributed by atoms with Crippen LogP contribution in [0.4, 0.5) is 0 Å². The quantitative estimate of drug-likeness (QED) is 0.257. The summed E-state index contributed by atoms with van der Waals surface area (Å²) in [6.45, 7) is 3.11. The van der Waals surface area contributed by atoms with Crippen LogP contribution in [-0.4, -0.2) is 56.3 Å². The maximum Gasteiger partial charge on any atom is 0.0995 e. The first-order valence-corrected chi connectivity index (χ1v) is 12.0. The first-order valence-electron chi connectivity index (χ1n) is 11.0. The number of rotatable bonds is 13. The van der Waals surface area contributed by atoms with Crippen LogP contribution in [-0.2, 0) is 33.5 Å². The fraction of sp³-hybridized carbons (Fsp3) is 0.625. The Bertz CT molecular complexity index is 696. The molecule has 1 aromatic carbocycles. The largest absolute Gasteiger partial charge is 0.378 e. The van der Waals surface area contributed by atoms with Crippen molar-refractivity contribution in [2.24, 2.45) is 0 Å². The van der Waals surface area contributed by atoms with Crippen molar-refractivity contribution >= 4 is 25.3 Å². The molecule has 1 aromatic rings. The van der Waals surface area contributed by atoms with Gasteiger partial charge in [-0.15, -0.1) is 25.3 Å². The van der Waals surface area contributed by atoms with Gasteiger partial charge in [0.1, 0.15) is 0 Å². The Hall–Kier alpha value is -1.17. The molecule has 0 amide bonds. The van der Waals surface area contributed by atoms with E-state index in [1.165, 1.54) is 16.7 Å². The summed E-state index contributed by atoms with van der Waals surface area (Å²) in [5, 5.41) is 9.69. The lowest BCUT2D eigenvalue weighted by Gasteiger charge is -2.25. The number of benzene rings is 1. The molecule has 0 spiro atoms. The molecule has 2 unspecified atom stereocenters. The summed E-state index contributed by atoms with van der Waals surface area (Å²) in [4.78, 5) is 2.18. The Morgan fingerprint density at radius 3 is 2.03 bits per heavy atom. The molecule has 1 aliphatic heterocycles. The zero-order valence-corrected chi connectivity index (χ0v) is 20.5. The molecule has 2 atom stereocenters. The van der Waals surface area contributed by atoms with Crippen LogP contribution in [0, 0.1) is 11.3 Å². The van der Waals surface area contributed by atoms with E-state index in [1.807, 2.05) is 6.20 Å². The zero-order chi connectivity index (χ0) is 22.5. The SMILES string of the molecule is COC(S)CCCc1cc(CCCC(S)OC)cc(CC(C#N)=CN2CCOCC2)c1. The van der Waals surface area contributed by atoms with Crippen LogP contribution in [0.2, 0.25) is 0 Å². The van der Waals surface area contributed by atoms with E-state index in [2.05, 4.69) is 54.4 Å². The average molecular weight is 465 g/mol. The number of aryl methyl sites for hydroxylation is 2. The molecule has 31 heavy (non-hydrogen) atoms. The highest BCUT2D eigenvalue weighted by Crippen LogP contribution is 2.20. The standard InChI is InChI=1S/C24H36N2O3S2/c1-27-23(30)7-3-5-19-13-20(6-4-8-24(31)28-2)15-21(14-19)16-22(17-25)18-26-9-11-29-12-10-26/h13-15,18,23-24,30-31H,3-12,16H2,1-2H3. The second-order valence-electron chi connectivity index (χ2n) is 7.91. The predicted molar refractivity (Wildman–Crippen MR) is 132 cm³/mol. The lowest BCUT2D eigenvalue weighted by molar-refractivity contribution is 0.0591. The van der Waals surface area contributed by atoms with E-state index in [0.717, 1.165) is 70.4 Å².